The van der Waals surface area contributed by atoms with Crippen molar-refractivity contribution >= 4 is 23.4 Å². The molecule has 1 aromatic rings. The number of carbonyl (C=O) groups excluding carboxylic acids is 1. The summed E-state index contributed by atoms with van der Waals surface area (Å²) >= 11 is 1.55. The summed E-state index contributed by atoms with van der Waals surface area (Å²) in [6, 6.07) is 6.45. The third-order valence-electron chi connectivity index (χ3n) is 3.94. The van der Waals surface area contributed by atoms with E-state index in [2.05, 4.69) is 11.8 Å². The lowest BCUT2D eigenvalue weighted by atomic mass is 10.0. The molecule has 1 unspecified atom stereocenters. The van der Waals surface area contributed by atoms with Gasteiger partial charge in [0.05, 0.1) is 5.75 Å². The Morgan fingerprint density at radius 2 is 2.25 bits per heavy atom. The molecule has 0 saturated carbocycles. The molecule has 1 aromatic carbocycles. The summed E-state index contributed by atoms with van der Waals surface area (Å²) in [6.45, 7) is 5.11. The van der Waals surface area contributed by atoms with Crippen molar-refractivity contribution in [3.8, 4) is 0 Å². The van der Waals surface area contributed by atoms with Crippen LogP contribution in [0.15, 0.2) is 23.1 Å². The molecule has 3 nitrogen and oxygen atoms in total. The van der Waals surface area contributed by atoms with Crippen molar-refractivity contribution in [2.24, 2.45) is 0 Å². The Hall–Kier alpha value is -1.16. The maximum Gasteiger partial charge on any atom is 0.233 e. The molecule has 0 aromatic heterocycles. The monoisotopic (exact) mass is 292 g/mol. The average Bonchev–Trinajstić information content (AvgIpc) is 2.46. The molecule has 0 aliphatic carbocycles. The normalized spacial score (nSPS) is 19.1. The van der Waals surface area contributed by atoms with Crippen LogP contribution in [0.2, 0.25) is 0 Å². The summed E-state index contributed by atoms with van der Waals surface area (Å²) in [4.78, 5) is 15.5. The van der Waals surface area contributed by atoms with E-state index in [1.807, 2.05) is 25.1 Å². The fourth-order valence-corrected chi connectivity index (χ4v) is 3.61. The molecule has 1 aliphatic rings. The van der Waals surface area contributed by atoms with Crippen molar-refractivity contribution in [3.05, 3.63) is 23.8 Å². The summed E-state index contributed by atoms with van der Waals surface area (Å²) in [6.07, 6.45) is 4.60. The second-order valence-corrected chi connectivity index (χ2v) is 6.49. The van der Waals surface area contributed by atoms with Gasteiger partial charge in [0, 0.05) is 23.2 Å². The number of piperidine rings is 1. The first-order chi connectivity index (χ1) is 9.61. The van der Waals surface area contributed by atoms with Crippen LogP contribution in [-0.2, 0) is 4.79 Å². The standard InChI is InChI=1S/C16H24N2OS/c1-3-13-6-4-5-9-18(13)16(19)11-20-15-8-7-12(2)10-14(15)17/h7-8,10,13H,3-6,9,11,17H2,1-2H3. The first-order valence-electron chi connectivity index (χ1n) is 7.40. The molecule has 0 radical (unpaired) electrons. The molecular formula is C16H24N2OS. The number of anilines is 1. The number of thioether (sulfide) groups is 1. The van der Waals surface area contributed by atoms with Crippen LogP contribution in [-0.4, -0.2) is 29.1 Å². The minimum absolute atomic E-state index is 0.251. The number of likely N-dealkylation sites (tertiary alicyclic amines) is 1. The summed E-state index contributed by atoms with van der Waals surface area (Å²) in [5.41, 5.74) is 7.92. The van der Waals surface area contributed by atoms with E-state index in [0.717, 1.165) is 42.0 Å². The SMILES string of the molecule is CCC1CCCCN1C(=O)CSc1ccc(C)cc1N. The number of hydrogen-bond donors (Lipinski definition) is 1. The van der Waals surface area contributed by atoms with Crippen molar-refractivity contribution in [1.82, 2.24) is 4.90 Å². The lowest BCUT2D eigenvalue weighted by molar-refractivity contribution is -0.132. The molecule has 1 saturated heterocycles. The number of aryl methyl sites for hydroxylation is 1. The largest absolute Gasteiger partial charge is 0.398 e. The van der Waals surface area contributed by atoms with Crippen LogP contribution in [0, 0.1) is 6.92 Å². The second kappa shape index (κ2) is 7.02. The molecule has 1 aliphatic heterocycles. The Kier molecular flexibility index (Phi) is 5.35. The topological polar surface area (TPSA) is 46.3 Å². The lowest BCUT2D eigenvalue weighted by Gasteiger charge is -2.35. The number of carbonyl (C=O) groups is 1. The highest BCUT2D eigenvalue weighted by atomic mass is 32.2. The van der Waals surface area contributed by atoms with Crippen molar-refractivity contribution in [2.45, 2.75) is 50.5 Å². The molecule has 1 amide bonds. The van der Waals surface area contributed by atoms with E-state index in [4.69, 9.17) is 5.73 Å². The van der Waals surface area contributed by atoms with Gasteiger partial charge >= 0.3 is 0 Å². The van der Waals surface area contributed by atoms with Crippen LogP contribution in [0.5, 0.6) is 0 Å². The molecule has 2 rings (SSSR count). The molecule has 1 fully saturated rings. The number of benzene rings is 1. The molecule has 0 spiro atoms. The van der Waals surface area contributed by atoms with Crippen LogP contribution in [0.25, 0.3) is 0 Å². The Morgan fingerprint density at radius 3 is 2.95 bits per heavy atom. The highest BCUT2D eigenvalue weighted by Gasteiger charge is 2.25. The maximum atomic E-state index is 12.4. The predicted octanol–water partition coefficient (Wildman–Crippen LogP) is 3.46. The van der Waals surface area contributed by atoms with Gasteiger partial charge in [-0.3, -0.25) is 4.79 Å². The molecule has 0 bridgehead atoms. The first kappa shape index (κ1) is 15.2. The van der Waals surface area contributed by atoms with Gasteiger partial charge in [-0.1, -0.05) is 13.0 Å². The van der Waals surface area contributed by atoms with E-state index in [1.54, 1.807) is 11.8 Å². The Balaban J connectivity index is 1.94. The van der Waals surface area contributed by atoms with E-state index in [9.17, 15) is 4.79 Å². The minimum atomic E-state index is 0.251. The zero-order valence-electron chi connectivity index (χ0n) is 12.4. The van der Waals surface area contributed by atoms with Crippen LogP contribution >= 0.6 is 11.8 Å². The van der Waals surface area contributed by atoms with Gasteiger partial charge in [0.1, 0.15) is 0 Å². The fourth-order valence-electron chi connectivity index (χ4n) is 2.78. The van der Waals surface area contributed by atoms with Gasteiger partial charge in [-0.25, -0.2) is 0 Å². The van der Waals surface area contributed by atoms with Crippen LogP contribution in [0.1, 0.15) is 38.2 Å². The van der Waals surface area contributed by atoms with Crippen LogP contribution in [0.4, 0.5) is 5.69 Å². The van der Waals surface area contributed by atoms with Crippen LogP contribution in [0.3, 0.4) is 0 Å². The third kappa shape index (κ3) is 3.69. The number of hydrogen-bond acceptors (Lipinski definition) is 3. The Labute approximate surface area is 125 Å². The van der Waals surface area contributed by atoms with E-state index in [0.29, 0.717) is 11.8 Å². The second-order valence-electron chi connectivity index (χ2n) is 5.47. The molecule has 2 N–H and O–H groups in total. The van der Waals surface area contributed by atoms with E-state index >= 15 is 0 Å². The predicted molar refractivity (Wildman–Crippen MR) is 86.0 cm³/mol. The molecule has 1 heterocycles. The third-order valence-corrected chi connectivity index (χ3v) is 5.01. The maximum absolute atomic E-state index is 12.4. The molecule has 1 atom stereocenters. The van der Waals surface area contributed by atoms with Crippen molar-refractivity contribution < 1.29 is 4.79 Å². The minimum Gasteiger partial charge on any atom is -0.398 e. The average molecular weight is 292 g/mol. The molecule has 20 heavy (non-hydrogen) atoms. The Bertz CT molecular complexity index is 476. The van der Waals surface area contributed by atoms with Gasteiger partial charge < -0.3 is 10.6 Å². The van der Waals surface area contributed by atoms with Crippen molar-refractivity contribution in [1.29, 1.82) is 0 Å². The Morgan fingerprint density at radius 1 is 1.45 bits per heavy atom. The summed E-state index contributed by atoms with van der Waals surface area (Å²) in [5.74, 6) is 0.741. The summed E-state index contributed by atoms with van der Waals surface area (Å²) in [5, 5.41) is 0. The quantitative estimate of drug-likeness (QED) is 0.683. The number of rotatable bonds is 4. The molecule has 4 heteroatoms. The number of nitrogens with zero attached hydrogens (tertiary/aromatic N) is 1. The highest BCUT2D eigenvalue weighted by Crippen LogP contribution is 2.27. The van der Waals surface area contributed by atoms with Gasteiger partial charge in [-0.05, 0) is 50.3 Å². The van der Waals surface area contributed by atoms with Gasteiger partial charge in [0.15, 0.2) is 0 Å². The smallest absolute Gasteiger partial charge is 0.233 e. The first-order valence-corrected chi connectivity index (χ1v) is 8.38. The molecule has 110 valence electrons. The van der Waals surface area contributed by atoms with E-state index < -0.39 is 0 Å². The van der Waals surface area contributed by atoms with Gasteiger partial charge in [-0.2, -0.15) is 0 Å². The fraction of sp³-hybridized carbons (Fsp3) is 0.562. The number of nitrogen functional groups attached to an aromatic ring is 1. The number of nitrogens with two attached hydrogens (primary N) is 1. The van der Waals surface area contributed by atoms with Gasteiger partial charge in [0.2, 0.25) is 5.91 Å². The highest BCUT2D eigenvalue weighted by molar-refractivity contribution is 8.00. The van der Waals surface area contributed by atoms with Gasteiger partial charge in [-0.15, -0.1) is 11.8 Å². The summed E-state index contributed by atoms with van der Waals surface area (Å²) < 4.78 is 0. The van der Waals surface area contributed by atoms with E-state index in [-0.39, 0.29) is 5.91 Å². The zero-order valence-corrected chi connectivity index (χ0v) is 13.2. The van der Waals surface area contributed by atoms with Crippen molar-refractivity contribution in [2.75, 3.05) is 18.0 Å². The van der Waals surface area contributed by atoms with Crippen molar-refractivity contribution in [3.63, 3.8) is 0 Å². The zero-order chi connectivity index (χ0) is 14.5. The number of amides is 1. The molecular weight excluding hydrogens is 268 g/mol. The van der Waals surface area contributed by atoms with E-state index in [1.165, 1.54) is 6.42 Å². The lowest BCUT2D eigenvalue weighted by Crippen LogP contribution is -2.44. The van der Waals surface area contributed by atoms with Gasteiger partial charge in [0.25, 0.3) is 0 Å². The van der Waals surface area contributed by atoms with Crippen LogP contribution < -0.4 is 5.73 Å². The summed E-state index contributed by atoms with van der Waals surface area (Å²) in [7, 11) is 0.